The van der Waals surface area contributed by atoms with Crippen LogP contribution >= 0.6 is 0 Å². The Morgan fingerprint density at radius 3 is 2.04 bits per heavy atom. The van der Waals surface area contributed by atoms with Gasteiger partial charge in [0.25, 0.3) is 0 Å². The molecule has 1 aliphatic rings. The van der Waals surface area contributed by atoms with Gasteiger partial charge in [0.05, 0.1) is 33.7 Å². The van der Waals surface area contributed by atoms with Crippen LogP contribution in [-0.2, 0) is 0 Å². The standard InChI is InChI=1S/C63H58N2O2/c1-9-21-41(8)66-53-30-19-16-27-49(53)46-33-32-43(46)36-42(10-2)58-60(45-24-13-11-22-40(45)7)56(38(3)4)63(57(39(5)6)61(58)47-25-14-12-23-44(47)37-64)65-52-29-18-15-26-48(52)50-34-35-55-59(62(50)65)51-28-17-20-31-54(51)67-55/h9,11-31,34-35,38-39,42H,8,10,32-33,36H2,1-7H3/b21-9-. The second kappa shape index (κ2) is 17.8. The quantitative estimate of drug-likeness (QED) is 0.0856. The molecule has 4 heteroatoms. The SMILES string of the molecule is C=C(/C=C\C)Oc1ccccc1C1=C(CC(CC)c2c(-c3ccccc3C)c(C(C)C)c(-n3c4ccccc4c4ccc5oc6ccccc6c5c43)c(C(C)C)c2-c2ccccc2C#N)CC1. The summed E-state index contributed by atoms with van der Waals surface area (Å²) in [5, 5.41) is 15.7. The number of nitriles is 1. The van der Waals surface area contributed by atoms with Crippen molar-refractivity contribution in [2.75, 3.05) is 0 Å². The highest BCUT2D eigenvalue weighted by atomic mass is 16.5. The van der Waals surface area contributed by atoms with Gasteiger partial charge in [-0.15, -0.1) is 0 Å². The van der Waals surface area contributed by atoms with E-state index in [1.807, 2.05) is 37.3 Å². The van der Waals surface area contributed by atoms with Gasteiger partial charge in [-0.1, -0.05) is 150 Å². The Balaban J connectivity index is 1.38. The molecule has 0 fully saturated rings. The minimum Gasteiger partial charge on any atom is -0.457 e. The zero-order valence-electron chi connectivity index (χ0n) is 39.8. The molecule has 0 bridgehead atoms. The fraction of sp³-hybridized carbons (Fsp3) is 0.222. The highest BCUT2D eigenvalue weighted by Gasteiger charge is 2.36. The average molecular weight is 875 g/mol. The normalized spacial score (nSPS) is 13.4. The van der Waals surface area contributed by atoms with Crippen LogP contribution in [0.25, 0.3) is 77.3 Å². The number of hydrogen-bond acceptors (Lipinski definition) is 3. The lowest BCUT2D eigenvalue weighted by Gasteiger charge is -2.36. The maximum absolute atomic E-state index is 11.1. The summed E-state index contributed by atoms with van der Waals surface area (Å²) in [6, 6.07) is 50.1. The zero-order valence-corrected chi connectivity index (χ0v) is 39.8. The second-order valence-corrected chi connectivity index (χ2v) is 18.9. The van der Waals surface area contributed by atoms with Crippen molar-refractivity contribution in [1.29, 1.82) is 5.26 Å². The smallest absolute Gasteiger partial charge is 0.137 e. The van der Waals surface area contributed by atoms with Gasteiger partial charge in [-0.25, -0.2) is 0 Å². The monoisotopic (exact) mass is 874 g/mol. The second-order valence-electron chi connectivity index (χ2n) is 18.9. The molecular formula is C63H58N2O2. The molecule has 332 valence electrons. The number of rotatable bonds is 13. The summed E-state index contributed by atoms with van der Waals surface area (Å²) in [5.41, 5.74) is 19.7. The molecule has 10 rings (SSSR count). The first kappa shape index (κ1) is 43.5. The molecule has 9 aromatic rings. The van der Waals surface area contributed by atoms with Gasteiger partial charge in [0, 0.05) is 27.3 Å². The van der Waals surface area contributed by atoms with E-state index in [1.165, 1.54) is 66.6 Å². The van der Waals surface area contributed by atoms with E-state index in [9.17, 15) is 5.26 Å². The number of aromatic nitrogens is 1. The Bertz CT molecular complexity index is 3520. The van der Waals surface area contributed by atoms with E-state index in [0.29, 0.717) is 11.3 Å². The topological polar surface area (TPSA) is 51.1 Å². The van der Waals surface area contributed by atoms with E-state index in [1.54, 1.807) is 0 Å². The van der Waals surface area contributed by atoms with Crippen LogP contribution < -0.4 is 4.74 Å². The molecule has 0 saturated carbocycles. The molecule has 1 aliphatic carbocycles. The maximum Gasteiger partial charge on any atom is 0.137 e. The minimum absolute atomic E-state index is 0.0701. The number of furan rings is 1. The fourth-order valence-electron chi connectivity index (χ4n) is 11.2. The van der Waals surface area contributed by atoms with Crippen molar-refractivity contribution in [2.24, 2.45) is 0 Å². The Morgan fingerprint density at radius 1 is 0.716 bits per heavy atom. The van der Waals surface area contributed by atoms with Crippen LogP contribution in [0.15, 0.2) is 168 Å². The number of ether oxygens (including phenoxy) is 1. The summed E-state index contributed by atoms with van der Waals surface area (Å²) < 4.78 is 15.6. The molecule has 1 unspecified atom stereocenters. The van der Waals surface area contributed by atoms with Crippen molar-refractivity contribution >= 4 is 49.3 Å². The number of aryl methyl sites for hydroxylation is 1. The Labute approximate surface area is 395 Å². The summed E-state index contributed by atoms with van der Waals surface area (Å²) in [5.74, 6) is 1.77. The van der Waals surface area contributed by atoms with E-state index < -0.39 is 0 Å². The van der Waals surface area contributed by atoms with Gasteiger partial charge in [0.2, 0.25) is 0 Å². The van der Waals surface area contributed by atoms with Crippen LogP contribution in [-0.4, -0.2) is 4.57 Å². The molecule has 0 aliphatic heterocycles. The molecule has 67 heavy (non-hydrogen) atoms. The highest BCUT2D eigenvalue weighted by molar-refractivity contribution is 6.24. The van der Waals surface area contributed by atoms with E-state index >= 15 is 0 Å². The van der Waals surface area contributed by atoms with Crippen LogP contribution in [0.4, 0.5) is 0 Å². The highest BCUT2D eigenvalue weighted by Crippen LogP contribution is 2.55. The van der Waals surface area contributed by atoms with Crippen molar-refractivity contribution in [3.63, 3.8) is 0 Å². The van der Waals surface area contributed by atoms with Gasteiger partial charge >= 0.3 is 0 Å². The maximum atomic E-state index is 11.1. The Morgan fingerprint density at radius 2 is 1.36 bits per heavy atom. The van der Waals surface area contributed by atoms with Gasteiger partial charge in [-0.05, 0) is 144 Å². The average Bonchev–Trinajstić information content (AvgIpc) is 3.87. The molecule has 2 heterocycles. The molecule has 2 aromatic heterocycles. The van der Waals surface area contributed by atoms with E-state index in [-0.39, 0.29) is 17.8 Å². The zero-order chi connectivity index (χ0) is 46.5. The number of hydrogen-bond donors (Lipinski definition) is 0. The van der Waals surface area contributed by atoms with Crippen molar-refractivity contribution in [3.8, 4) is 39.8 Å². The molecular weight excluding hydrogens is 817 g/mol. The van der Waals surface area contributed by atoms with Crippen LogP contribution in [0.1, 0.15) is 118 Å². The lowest BCUT2D eigenvalue weighted by atomic mass is 9.69. The predicted octanol–water partition coefficient (Wildman–Crippen LogP) is 18.0. The third-order valence-electron chi connectivity index (χ3n) is 14.2. The third-order valence-corrected chi connectivity index (χ3v) is 14.2. The number of nitrogens with zero attached hydrogens (tertiary/aromatic N) is 2. The number of allylic oxidation sites excluding steroid dienone is 4. The van der Waals surface area contributed by atoms with Gasteiger partial charge in [-0.2, -0.15) is 5.26 Å². The predicted molar refractivity (Wildman–Crippen MR) is 281 cm³/mol. The first-order chi connectivity index (χ1) is 32.6. The molecule has 0 N–H and O–H groups in total. The van der Waals surface area contributed by atoms with E-state index in [2.05, 4.69) is 174 Å². The minimum atomic E-state index is 0.0701. The van der Waals surface area contributed by atoms with Crippen molar-refractivity contribution in [3.05, 3.63) is 197 Å². The van der Waals surface area contributed by atoms with Crippen LogP contribution in [0.5, 0.6) is 5.75 Å². The largest absolute Gasteiger partial charge is 0.457 e. The Kier molecular flexibility index (Phi) is 11.6. The van der Waals surface area contributed by atoms with Gasteiger partial charge in [0.1, 0.15) is 22.7 Å². The summed E-state index contributed by atoms with van der Waals surface area (Å²) in [6.07, 6.45) is 7.70. The van der Waals surface area contributed by atoms with Crippen molar-refractivity contribution in [1.82, 2.24) is 4.57 Å². The van der Waals surface area contributed by atoms with E-state index in [4.69, 9.17) is 9.15 Å². The fourth-order valence-corrected chi connectivity index (χ4v) is 11.2. The Hall–Kier alpha value is -7.35. The summed E-state index contributed by atoms with van der Waals surface area (Å²) in [6.45, 7) is 20.2. The van der Waals surface area contributed by atoms with Crippen LogP contribution in [0.3, 0.4) is 0 Å². The first-order valence-corrected chi connectivity index (χ1v) is 24.1. The van der Waals surface area contributed by atoms with Crippen LogP contribution in [0.2, 0.25) is 0 Å². The molecule has 0 amide bonds. The molecule has 4 nitrogen and oxygen atoms in total. The van der Waals surface area contributed by atoms with E-state index in [0.717, 1.165) is 75.5 Å². The van der Waals surface area contributed by atoms with Gasteiger partial charge in [0.15, 0.2) is 0 Å². The molecule has 7 aromatic carbocycles. The first-order valence-electron chi connectivity index (χ1n) is 24.1. The van der Waals surface area contributed by atoms with Gasteiger partial charge in [-0.3, -0.25) is 0 Å². The lowest BCUT2D eigenvalue weighted by Crippen LogP contribution is -2.17. The summed E-state index contributed by atoms with van der Waals surface area (Å²) in [7, 11) is 0. The van der Waals surface area contributed by atoms with Crippen LogP contribution in [0, 0.1) is 18.3 Å². The summed E-state index contributed by atoms with van der Waals surface area (Å²) in [4.78, 5) is 0. The lowest BCUT2D eigenvalue weighted by molar-refractivity contribution is 0.444. The van der Waals surface area contributed by atoms with Gasteiger partial charge < -0.3 is 13.7 Å². The number of para-hydroxylation sites is 3. The molecule has 0 spiro atoms. The summed E-state index contributed by atoms with van der Waals surface area (Å²) >= 11 is 0. The van der Waals surface area contributed by atoms with Crippen molar-refractivity contribution in [2.45, 2.75) is 91.9 Å². The third kappa shape index (κ3) is 7.29. The number of benzene rings is 7. The number of fused-ring (bicyclic) bond motifs is 7. The molecule has 0 radical (unpaired) electrons. The molecule has 1 atom stereocenters. The van der Waals surface area contributed by atoms with Crippen molar-refractivity contribution < 1.29 is 9.15 Å². The molecule has 0 saturated heterocycles.